The number of fused-ring (bicyclic) bond motifs is 12. The van der Waals surface area contributed by atoms with Crippen LogP contribution in [0.1, 0.15) is 44.5 Å². The summed E-state index contributed by atoms with van der Waals surface area (Å²) in [5.41, 5.74) is 31.3. The van der Waals surface area contributed by atoms with Gasteiger partial charge in [0, 0.05) is 43.1 Å². The van der Waals surface area contributed by atoms with Crippen LogP contribution in [0.3, 0.4) is 0 Å². The van der Waals surface area contributed by atoms with Crippen LogP contribution in [0.25, 0.3) is 188 Å². The molecule has 0 aliphatic heterocycles. The molecular weight excluding hydrogens is 1360 g/mol. The van der Waals surface area contributed by atoms with Crippen molar-refractivity contribution in [2.75, 3.05) is 0 Å². The van der Waals surface area contributed by atoms with E-state index in [9.17, 15) is 21.0 Å². The Labute approximate surface area is 647 Å². The second-order valence-corrected chi connectivity index (χ2v) is 29.6. The largest absolute Gasteiger partial charge is 0.308 e. The molecule has 4 aromatic heterocycles. The van der Waals surface area contributed by atoms with E-state index in [4.69, 9.17) is 0 Å². The second-order valence-electron chi connectivity index (χ2n) is 29.6. The fourth-order valence-corrected chi connectivity index (χ4v) is 17.2. The molecule has 0 unspecified atom stereocenters. The van der Waals surface area contributed by atoms with Crippen molar-refractivity contribution < 1.29 is 0 Å². The van der Waals surface area contributed by atoms with Crippen LogP contribution in [0.5, 0.6) is 0 Å². The summed E-state index contributed by atoms with van der Waals surface area (Å²) < 4.78 is 9.06. The molecule has 522 valence electrons. The van der Waals surface area contributed by atoms with Gasteiger partial charge in [-0.1, -0.05) is 223 Å². The van der Waals surface area contributed by atoms with Crippen LogP contribution in [0.4, 0.5) is 0 Å². The van der Waals surface area contributed by atoms with Crippen LogP contribution in [-0.2, 0) is 0 Å². The number of aromatic nitrogens is 4. The molecule has 0 saturated carbocycles. The predicted octanol–water partition coefficient (Wildman–Crippen LogP) is 26.5. The average molecular weight is 1430 g/mol. The van der Waals surface area contributed by atoms with Crippen LogP contribution in [-0.4, -0.2) is 18.3 Å². The Morgan fingerprint density at radius 2 is 0.491 bits per heavy atom. The molecule has 0 spiro atoms. The van der Waals surface area contributed by atoms with E-state index >= 15 is 0 Å². The summed E-state index contributed by atoms with van der Waals surface area (Å²) in [5.74, 6) is 0. The fourth-order valence-electron chi connectivity index (χ4n) is 17.2. The molecule has 16 aromatic carbocycles. The van der Waals surface area contributed by atoms with Crippen molar-refractivity contribution in [2.24, 2.45) is 0 Å². The van der Waals surface area contributed by atoms with Crippen LogP contribution >= 0.6 is 0 Å². The Bertz CT molecular complexity index is 7570. The van der Waals surface area contributed by atoms with Crippen molar-refractivity contribution in [3.8, 4) is 125 Å². The lowest BCUT2D eigenvalue weighted by molar-refractivity contribution is 1.12. The van der Waals surface area contributed by atoms with E-state index < -0.39 is 0 Å². The van der Waals surface area contributed by atoms with Gasteiger partial charge in [0.15, 0.2) is 0 Å². The smallest absolute Gasteiger partial charge is 0.104 e. The van der Waals surface area contributed by atoms with Gasteiger partial charge in [0.25, 0.3) is 0 Å². The summed E-state index contributed by atoms with van der Waals surface area (Å²) >= 11 is 0. The first-order valence-corrected chi connectivity index (χ1v) is 37.7. The van der Waals surface area contributed by atoms with E-state index in [-0.39, 0.29) is 0 Å². The molecule has 20 aromatic rings. The van der Waals surface area contributed by atoms with Gasteiger partial charge in [0.1, 0.15) is 23.3 Å². The normalized spacial score (nSPS) is 11.5. The number of benzene rings is 16. The van der Waals surface area contributed by atoms with E-state index in [1.54, 1.807) is 0 Å². The highest BCUT2D eigenvalue weighted by Gasteiger charge is 2.27. The van der Waals surface area contributed by atoms with Crippen molar-refractivity contribution in [3.05, 3.63) is 372 Å². The molecule has 0 fully saturated rings. The first-order valence-electron chi connectivity index (χ1n) is 37.7. The van der Waals surface area contributed by atoms with Crippen molar-refractivity contribution in [3.63, 3.8) is 0 Å². The van der Waals surface area contributed by atoms with E-state index in [2.05, 4.69) is 349 Å². The van der Waals surface area contributed by atoms with E-state index in [0.717, 1.165) is 182 Å². The number of hydrogen-bond donors (Lipinski definition) is 0. The van der Waals surface area contributed by atoms with Gasteiger partial charge in [-0.3, -0.25) is 0 Å². The van der Waals surface area contributed by atoms with E-state index in [1.807, 2.05) is 48.5 Å². The van der Waals surface area contributed by atoms with Gasteiger partial charge in [-0.25, -0.2) is 0 Å². The average Bonchev–Trinajstić information content (AvgIpc) is 1.55. The number of nitriles is 4. The van der Waals surface area contributed by atoms with Crippen LogP contribution in [0.2, 0.25) is 0 Å². The highest BCUT2D eigenvalue weighted by molar-refractivity contribution is 6.16. The molecular formula is C104H66N8. The van der Waals surface area contributed by atoms with E-state index in [1.165, 1.54) is 16.7 Å². The highest BCUT2D eigenvalue weighted by Crippen LogP contribution is 2.47. The molecule has 0 amide bonds. The minimum Gasteiger partial charge on any atom is -0.308 e. The molecule has 4 heterocycles. The van der Waals surface area contributed by atoms with E-state index in [0.29, 0.717) is 33.6 Å². The molecule has 0 bridgehead atoms. The number of para-hydroxylation sites is 3. The molecule has 0 N–H and O–H groups in total. The summed E-state index contributed by atoms with van der Waals surface area (Å²) in [6.07, 6.45) is 0. The molecule has 112 heavy (non-hydrogen) atoms. The van der Waals surface area contributed by atoms with Gasteiger partial charge in [-0.15, -0.1) is 0 Å². The summed E-state index contributed by atoms with van der Waals surface area (Å²) in [5, 5.41) is 53.3. The number of hydrogen-bond acceptors (Lipinski definition) is 4. The lowest BCUT2D eigenvalue weighted by Crippen LogP contribution is -2.05. The molecule has 0 radical (unpaired) electrons. The summed E-state index contributed by atoms with van der Waals surface area (Å²) in [6, 6.07) is 126. The van der Waals surface area contributed by atoms with Gasteiger partial charge in [0.05, 0.1) is 90.1 Å². The van der Waals surface area contributed by atoms with Crippen LogP contribution < -0.4 is 0 Å². The van der Waals surface area contributed by atoms with Gasteiger partial charge < -0.3 is 18.3 Å². The third-order valence-corrected chi connectivity index (χ3v) is 22.9. The summed E-state index contributed by atoms with van der Waals surface area (Å²) in [6.45, 7) is 8.50. The maximum absolute atomic E-state index is 12.1. The second kappa shape index (κ2) is 26.3. The fraction of sp³-hybridized carbons (Fsp3) is 0.0385. The minimum atomic E-state index is 0.494. The minimum absolute atomic E-state index is 0.494. The number of nitrogens with zero attached hydrogens (tertiary/aromatic N) is 8. The van der Waals surface area contributed by atoms with Crippen molar-refractivity contribution in [2.45, 2.75) is 27.7 Å². The zero-order valence-corrected chi connectivity index (χ0v) is 61.8. The number of aryl methyl sites for hydroxylation is 4. The summed E-state index contributed by atoms with van der Waals surface area (Å²) in [7, 11) is 0. The third kappa shape index (κ3) is 10.8. The molecule has 0 aliphatic carbocycles. The predicted molar refractivity (Wildman–Crippen MR) is 460 cm³/mol. The zero-order chi connectivity index (χ0) is 75.6. The van der Waals surface area contributed by atoms with Crippen molar-refractivity contribution in [1.82, 2.24) is 18.3 Å². The van der Waals surface area contributed by atoms with Crippen LogP contribution in [0, 0.1) is 73.0 Å². The van der Waals surface area contributed by atoms with Gasteiger partial charge in [-0.05, 0) is 232 Å². The topological polar surface area (TPSA) is 115 Å². The first kappa shape index (κ1) is 66.1. The quantitative estimate of drug-likeness (QED) is 0.128. The van der Waals surface area contributed by atoms with Gasteiger partial charge >= 0.3 is 0 Å². The first-order chi connectivity index (χ1) is 54.9. The Morgan fingerprint density at radius 3 is 0.902 bits per heavy atom. The van der Waals surface area contributed by atoms with Gasteiger partial charge in [0.2, 0.25) is 0 Å². The molecule has 8 heteroatoms. The zero-order valence-electron chi connectivity index (χ0n) is 61.8. The van der Waals surface area contributed by atoms with Crippen molar-refractivity contribution in [1.29, 1.82) is 21.0 Å². The molecule has 0 atom stereocenters. The molecule has 0 saturated heterocycles. The number of rotatable bonds is 11. The maximum atomic E-state index is 12.1. The Hall–Kier alpha value is -15.3. The summed E-state index contributed by atoms with van der Waals surface area (Å²) in [4.78, 5) is 0. The maximum Gasteiger partial charge on any atom is 0.104 e. The Kier molecular flexibility index (Phi) is 15.5. The molecule has 20 rings (SSSR count). The lowest BCUT2D eigenvalue weighted by Gasteiger charge is -2.19. The molecule has 8 nitrogen and oxygen atoms in total. The Morgan fingerprint density at radius 1 is 0.196 bits per heavy atom. The highest BCUT2D eigenvalue weighted by atomic mass is 15.0. The molecule has 0 aliphatic rings. The van der Waals surface area contributed by atoms with Crippen LogP contribution in [0.15, 0.2) is 328 Å². The standard InChI is InChI=1S/C104H66N8/c1-63-23-30-69(31-24-63)74-39-44-96-88(50-74)84-19-7-10-22-95(84)109(96)101-55-80(72-15-11-13-67(47-72)59-105)56-102(91(101)61-107)110-97-45-40-75(70-32-25-64(2)26-33-70)51-89(97)90-52-79(41-46-98(90)110)87-49-76(36-29-66(87)4)78-38-43-86-83-18-6-9-21-94(83)112(100(86)54-78)104-58-81(73-16-12-14-68(48-73)60-106)57-103(92(104)62-108)111-93-20-8-5-17-82(93)85-42-37-77(53-99(85)111)71-34-27-65(3)28-35-71/h5-58H,1-4H3. The monoisotopic (exact) mass is 1430 g/mol. The van der Waals surface area contributed by atoms with Crippen molar-refractivity contribution >= 4 is 87.2 Å². The lowest BCUT2D eigenvalue weighted by atomic mass is 9.93. The SMILES string of the molecule is Cc1ccc(-c2ccc3c(c2)c2ccccc2n3-c2cc(-c3cccc(C#N)c3)cc(-n3c4ccc(-c5ccc(C)cc5)cc4c4cc(-c5cc(-c6ccc7c8ccccc8n(-c8cc(-c9cccc(C#N)c9)cc(-n9c%10ccccc%10c%10ccc(-c%11ccc(C)cc%11)cc%109)c8C#N)c7c6)ccc5C)ccc43)c2C#N)cc1. The van der Waals surface area contributed by atoms with Gasteiger partial charge in [-0.2, -0.15) is 21.0 Å². The Balaban J connectivity index is 0.780. The third-order valence-electron chi connectivity index (χ3n) is 22.9.